The van der Waals surface area contributed by atoms with Crippen molar-refractivity contribution in [1.82, 2.24) is 5.32 Å². The Morgan fingerprint density at radius 3 is 2.65 bits per heavy atom. The number of hydrogen-bond acceptors (Lipinski definition) is 2. The van der Waals surface area contributed by atoms with Crippen molar-refractivity contribution >= 4 is 0 Å². The highest BCUT2D eigenvalue weighted by Crippen LogP contribution is 2.62. The fraction of sp³-hybridized carbons (Fsp3) is 1.00. The number of nitrogens with one attached hydrogen (secondary N) is 1. The molecule has 0 aliphatic heterocycles. The second-order valence-corrected chi connectivity index (χ2v) is 6.85. The van der Waals surface area contributed by atoms with E-state index < -0.39 is 0 Å². The van der Waals surface area contributed by atoms with Crippen LogP contribution in [0, 0.1) is 16.7 Å². The second-order valence-electron chi connectivity index (χ2n) is 6.85. The summed E-state index contributed by atoms with van der Waals surface area (Å²) in [5, 5.41) is 3.82. The van der Waals surface area contributed by atoms with Gasteiger partial charge < -0.3 is 10.1 Å². The van der Waals surface area contributed by atoms with Gasteiger partial charge in [-0.1, -0.05) is 20.8 Å². The minimum atomic E-state index is 0.485. The Balaban J connectivity index is 1.83. The van der Waals surface area contributed by atoms with Gasteiger partial charge in [0, 0.05) is 19.3 Å². The van der Waals surface area contributed by atoms with Gasteiger partial charge in [-0.3, -0.25) is 0 Å². The fourth-order valence-corrected chi connectivity index (χ4v) is 4.38. The molecule has 0 heterocycles. The molecule has 2 aliphatic carbocycles. The zero-order valence-electron chi connectivity index (χ0n) is 12.0. The van der Waals surface area contributed by atoms with Gasteiger partial charge in [0.1, 0.15) is 0 Å². The van der Waals surface area contributed by atoms with Crippen LogP contribution in [0.15, 0.2) is 0 Å². The second kappa shape index (κ2) is 4.89. The zero-order valence-corrected chi connectivity index (χ0v) is 12.0. The molecule has 2 bridgehead atoms. The molecule has 2 heteroatoms. The summed E-state index contributed by atoms with van der Waals surface area (Å²) in [5.41, 5.74) is 1.04. The van der Waals surface area contributed by atoms with E-state index in [-0.39, 0.29) is 0 Å². The van der Waals surface area contributed by atoms with Crippen LogP contribution in [-0.2, 0) is 4.74 Å². The molecule has 3 unspecified atom stereocenters. The minimum Gasteiger partial charge on any atom is -0.382 e. The average molecular weight is 239 g/mol. The third-order valence-corrected chi connectivity index (χ3v) is 5.29. The highest BCUT2D eigenvalue weighted by Gasteiger charge is 2.58. The van der Waals surface area contributed by atoms with Crippen molar-refractivity contribution in [3.8, 4) is 0 Å². The van der Waals surface area contributed by atoms with Crippen molar-refractivity contribution in [3.63, 3.8) is 0 Å². The van der Waals surface area contributed by atoms with E-state index in [0.29, 0.717) is 16.9 Å². The molecule has 2 nitrogen and oxygen atoms in total. The van der Waals surface area contributed by atoms with Crippen molar-refractivity contribution in [2.24, 2.45) is 16.7 Å². The lowest BCUT2D eigenvalue weighted by Crippen LogP contribution is -2.50. The number of rotatable bonds is 6. The van der Waals surface area contributed by atoms with E-state index in [4.69, 9.17) is 4.74 Å². The molecule has 0 aromatic rings. The molecule has 2 aliphatic rings. The van der Waals surface area contributed by atoms with Crippen molar-refractivity contribution in [2.75, 3.05) is 19.8 Å². The van der Waals surface area contributed by atoms with Gasteiger partial charge >= 0.3 is 0 Å². The summed E-state index contributed by atoms with van der Waals surface area (Å²) in [5.74, 6) is 0.942. The first-order chi connectivity index (χ1) is 8.00. The van der Waals surface area contributed by atoms with Gasteiger partial charge in [0.05, 0.1) is 0 Å². The van der Waals surface area contributed by atoms with Crippen LogP contribution < -0.4 is 5.32 Å². The van der Waals surface area contributed by atoms with E-state index in [2.05, 4.69) is 33.0 Å². The molecule has 0 radical (unpaired) electrons. The summed E-state index contributed by atoms with van der Waals surface area (Å²) in [6.07, 6.45) is 5.44. The van der Waals surface area contributed by atoms with Crippen LogP contribution in [0.5, 0.6) is 0 Å². The standard InChI is InChI=1S/C15H29NO/c1-5-17-10-6-9-16-13-14(2,3)12-7-8-15(13,4)11-12/h12-13,16H,5-11H2,1-4H3. The van der Waals surface area contributed by atoms with Crippen molar-refractivity contribution in [2.45, 2.75) is 59.4 Å². The molecule has 2 rings (SSSR count). The quantitative estimate of drug-likeness (QED) is 0.719. The molecule has 17 heavy (non-hydrogen) atoms. The van der Waals surface area contributed by atoms with Gasteiger partial charge in [0.25, 0.3) is 0 Å². The summed E-state index contributed by atoms with van der Waals surface area (Å²) in [6, 6.07) is 0.704. The van der Waals surface area contributed by atoms with Gasteiger partial charge in [-0.15, -0.1) is 0 Å². The third kappa shape index (κ3) is 2.39. The first-order valence-electron chi connectivity index (χ1n) is 7.32. The Labute approximate surface area is 107 Å². The molecule has 1 N–H and O–H groups in total. The predicted octanol–water partition coefficient (Wildman–Crippen LogP) is 3.22. The Hall–Kier alpha value is -0.0800. The molecule has 3 atom stereocenters. The van der Waals surface area contributed by atoms with Crippen LogP contribution in [0.25, 0.3) is 0 Å². The lowest BCUT2D eigenvalue weighted by atomic mass is 9.68. The maximum atomic E-state index is 5.40. The van der Waals surface area contributed by atoms with Crippen LogP contribution >= 0.6 is 0 Å². The lowest BCUT2D eigenvalue weighted by molar-refractivity contribution is 0.101. The Kier molecular flexibility index (Phi) is 3.84. The number of ether oxygens (including phenoxy) is 1. The third-order valence-electron chi connectivity index (χ3n) is 5.29. The first-order valence-corrected chi connectivity index (χ1v) is 7.32. The molecular weight excluding hydrogens is 210 g/mol. The molecule has 0 spiro atoms. The van der Waals surface area contributed by atoms with Crippen LogP contribution in [-0.4, -0.2) is 25.8 Å². The first kappa shape index (κ1) is 13.4. The largest absolute Gasteiger partial charge is 0.382 e. The van der Waals surface area contributed by atoms with Gasteiger partial charge in [0.2, 0.25) is 0 Å². The zero-order chi connectivity index (χ0) is 12.5. The maximum absolute atomic E-state index is 5.40. The monoisotopic (exact) mass is 239 g/mol. The van der Waals surface area contributed by atoms with Crippen LogP contribution in [0.1, 0.15) is 53.4 Å². The van der Waals surface area contributed by atoms with E-state index in [1.54, 1.807) is 0 Å². The Bertz CT molecular complexity index is 259. The van der Waals surface area contributed by atoms with Gasteiger partial charge in [-0.2, -0.15) is 0 Å². The van der Waals surface area contributed by atoms with E-state index in [1.807, 2.05) is 0 Å². The number of fused-ring (bicyclic) bond motifs is 2. The number of hydrogen-bond donors (Lipinski definition) is 1. The van der Waals surface area contributed by atoms with E-state index >= 15 is 0 Å². The van der Waals surface area contributed by atoms with Crippen LogP contribution in [0.4, 0.5) is 0 Å². The Morgan fingerprint density at radius 2 is 2.06 bits per heavy atom. The van der Waals surface area contributed by atoms with Crippen LogP contribution in [0.3, 0.4) is 0 Å². The highest BCUT2D eigenvalue weighted by molar-refractivity contribution is 5.11. The SMILES string of the molecule is CCOCCCNC1C2(C)CCC(C2)C1(C)C. The topological polar surface area (TPSA) is 21.3 Å². The fourth-order valence-electron chi connectivity index (χ4n) is 4.38. The summed E-state index contributed by atoms with van der Waals surface area (Å²) in [4.78, 5) is 0. The average Bonchev–Trinajstić information content (AvgIpc) is 2.73. The summed E-state index contributed by atoms with van der Waals surface area (Å²) in [6.45, 7) is 12.3. The minimum absolute atomic E-state index is 0.485. The molecule has 0 amide bonds. The van der Waals surface area contributed by atoms with E-state index in [0.717, 1.165) is 32.1 Å². The molecule has 100 valence electrons. The van der Waals surface area contributed by atoms with Crippen LogP contribution in [0.2, 0.25) is 0 Å². The van der Waals surface area contributed by atoms with Crippen molar-refractivity contribution in [3.05, 3.63) is 0 Å². The van der Waals surface area contributed by atoms with Gasteiger partial charge in [-0.25, -0.2) is 0 Å². The van der Waals surface area contributed by atoms with Crippen molar-refractivity contribution in [1.29, 1.82) is 0 Å². The Morgan fingerprint density at radius 1 is 1.29 bits per heavy atom. The lowest BCUT2D eigenvalue weighted by Gasteiger charge is -2.43. The van der Waals surface area contributed by atoms with Crippen molar-refractivity contribution < 1.29 is 4.74 Å². The summed E-state index contributed by atoms with van der Waals surface area (Å²) in [7, 11) is 0. The summed E-state index contributed by atoms with van der Waals surface area (Å²) < 4.78 is 5.40. The smallest absolute Gasteiger partial charge is 0.0477 e. The van der Waals surface area contributed by atoms with Gasteiger partial charge in [0.15, 0.2) is 0 Å². The summed E-state index contributed by atoms with van der Waals surface area (Å²) >= 11 is 0. The molecule has 0 aromatic heterocycles. The molecule has 0 saturated heterocycles. The highest BCUT2D eigenvalue weighted by atomic mass is 16.5. The maximum Gasteiger partial charge on any atom is 0.0477 e. The molecule has 2 saturated carbocycles. The predicted molar refractivity (Wildman–Crippen MR) is 72.1 cm³/mol. The normalized spacial score (nSPS) is 38.8. The van der Waals surface area contributed by atoms with E-state index in [1.165, 1.54) is 19.3 Å². The molecule has 0 aromatic carbocycles. The van der Waals surface area contributed by atoms with Gasteiger partial charge in [-0.05, 0) is 55.9 Å². The molecular formula is C15H29NO. The molecule has 2 fully saturated rings. The van der Waals surface area contributed by atoms with E-state index in [9.17, 15) is 0 Å².